The molecule has 1 unspecified atom stereocenters. The summed E-state index contributed by atoms with van der Waals surface area (Å²) >= 11 is 5.74. The number of benzene rings is 1. The molecule has 0 spiro atoms. The number of rotatable bonds is 3. The molecule has 0 radical (unpaired) electrons. The van der Waals surface area contributed by atoms with Gasteiger partial charge >= 0.3 is 0 Å². The molecule has 1 aromatic carbocycles. The zero-order valence-electron chi connectivity index (χ0n) is 9.62. The highest BCUT2D eigenvalue weighted by atomic mass is 35.5. The van der Waals surface area contributed by atoms with Gasteiger partial charge in [-0.2, -0.15) is 0 Å². The molecule has 1 aliphatic rings. The summed E-state index contributed by atoms with van der Waals surface area (Å²) in [5, 5.41) is 2.98. The highest BCUT2D eigenvalue weighted by Crippen LogP contribution is 2.10. The van der Waals surface area contributed by atoms with E-state index in [4.69, 9.17) is 16.3 Å². The molecule has 0 bridgehead atoms. The summed E-state index contributed by atoms with van der Waals surface area (Å²) in [4.78, 5) is 12.0. The Morgan fingerprint density at radius 1 is 1.53 bits per heavy atom. The van der Waals surface area contributed by atoms with Crippen molar-refractivity contribution in [3.05, 3.63) is 35.4 Å². The van der Waals surface area contributed by atoms with E-state index in [-0.39, 0.29) is 11.9 Å². The first-order valence-electron chi connectivity index (χ1n) is 5.83. The predicted octanol–water partition coefficient (Wildman–Crippen LogP) is 2.33. The van der Waals surface area contributed by atoms with Gasteiger partial charge in [-0.15, -0.1) is 11.6 Å². The van der Waals surface area contributed by atoms with Crippen molar-refractivity contribution in [1.82, 2.24) is 5.32 Å². The lowest BCUT2D eigenvalue weighted by molar-refractivity contribution is 0.0624. The van der Waals surface area contributed by atoms with Gasteiger partial charge in [0.1, 0.15) is 0 Å². The number of amides is 1. The standard InChI is InChI=1S/C13H16ClNO2/c14-8-10-3-1-4-11(7-10)13(16)15-12-5-2-6-17-9-12/h1,3-4,7,12H,2,5-6,8-9H2,(H,15,16). The van der Waals surface area contributed by atoms with Crippen LogP contribution in [0.3, 0.4) is 0 Å². The fourth-order valence-electron chi connectivity index (χ4n) is 1.92. The molecular formula is C13H16ClNO2. The minimum absolute atomic E-state index is 0.0486. The Labute approximate surface area is 106 Å². The molecular weight excluding hydrogens is 238 g/mol. The van der Waals surface area contributed by atoms with Gasteiger partial charge in [0.2, 0.25) is 0 Å². The Morgan fingerprint density at radius 2 is 2.41 bits per heavy atom. The number of hydrogen-bond acceptors (Lipinski definition) is 2. The summed E-state index contributed by atoms with van der Waals surface area (Å²) in [6.45, 7) is 1.41. The molecule has 92 valence electrons. The van der Waals surface area contributed by atoms with E-state index in [1.807, 2.05) is 18.2 Å². The Morgan fingerprint density at radius 3 is 3.12 bits per heavy atom. The van der Waals surface area contributed by atoms with Crippen LogP contribution in [0.25, 0.3) is 0 Å². The summed E-state index contributed by atoms with van der Waals surface area (Å²) in [6, 6.07) is 7.52. The maximum absolute atomic E-state index is 12.0. The van der Waals surface area contributed by atoms with Crippen LogP contribution in [-0.2, 0) is 10.6 Å². The molecule has 1 aromatic rings. The van der Waals surface area contributed by atoms with Crippen LogP contribution in [0.1, 0.15) is 28.8 Å². The van der Waals surface area contributed by atoms with E-state index < -0.39 is 0 Å². The summed E-state index contributed by atoms with van der Waals surface area (Å²) < 4.78 is 5.33. The van der Waals surface area contributed by atoms with Crippen molar-refractivity contribution in [3.63, 3.8) is 0 Å². The van der Waals surface area contributed by atoms with Crippen molar-refractivity contribution >= 4 is 17.5 Å². The number of carbonyl (C=O) groups is 1. The summed E-state index contributed by atoms with van der Waals surface area (Å²) in [5.41, 5.74) is 1.62. The van der Waals surface area contributed by atoms with E-state index in [0.29, 0.717) is 18.1 Å². The number of carbonyl (C=O) groups excluding carboxylic acids is 1. The van der Waals surface area contributed by atoms with Crippen LogP contribution >= 0.6 is 11.6 Å². The number of ether oxygens (including phenoxy) is 1. The van der Waals surface area contributed by atoms with Crippen molar-refractivity contribution in [2.45, 2.75) is 24.8 Å². The molecule has 17 heavy (non-hydrogen) atoms. The molecule has 0 aromatic heterocycles. The zero-order valence-corrected chi connectivity index (χ0v) is 10.4. The second-order valence-electron chi connectivity index (χ2n) is 4.22. The quantitative estimate of drug-likeness (QED) is 0.840. The van der Waals surface area contributed by atoms with Crippen LogP contribution in [0, 0.1) is 0 Å². The molecule has 1 atom stereocenters. The lowest BCUT2D eigenvalue weighted by Gasteiger charge is -2.23. The van der Waals surface area contributed by atoms with E-state index in [0.717, 1.165) is 25.0 Å². The van der Waals surface area contributed by atoms with Crippen molar-refractivity contribution in [1.29, 1.82) is 0 Å². The highest BCUT2D eigenvalue weighted by molar-refractivity contribution is 6.17. The van der Waals surface area contributed by atoms with Gasteiger partial charge in [0.25, 0.3) is 5.91 Å². The Balaban J connectivity index is 1.98. The maximum atomic E-state index is 12.0. The minimum Gasteiger partial charge on any atom is -0.379 e. The first kappa shape index (κ1) is 12.4. The lowest BCUT2D eigenvalue weighted by Crippen LogP contribution is -2.40. The summed E-state index contributed by atoms with van der Waals surface area (Å²) in [5.74, 6) is 0.376. The number of halogens is 1. The van der Waals surface area contributed by atoms with Crippen LogP contribution in [0.4, 0.5) is 0 Å². The molecule has 0 saturated carbocycles. The van der Waals surface area contributed by atoms with Crippen molar-refractivity contribution < 1.29 is 9.53 Å². The van der Waals surface area contributed by atoms with Gasteiger partial charge in [-0.05, 0) is 30.5 Å². The average molecular weight is 254 g/mol. The van der Waals surface area contributed by atoms with E-state index in [9.17, 15) is 4.79 Å². The topological polar surface area (TPSA) is 38.3 Å². The SMILES string of the molecule is O=C(NC1CCCOC1)c1cccc(CCl)c1. The summed E-state index contributed by atoms with van der Waals surface area (Å²) in [6.07, 6.45) is 1.99. The van der Waals surface area contributed by atoms with E-state index >= 15 is 0 Å². The van der Waals surface area contributed by atoms with E-state index in [1.54, 1.807) is 6.07 Å². The first-order chi connectivity index (χ1) is 8.29. The Kier molecular flexibility index (Phi) is 4.40. The predicted molar refractivity (Wildman–Crippen MR) is 67.3 cm³/mol. The Bertz CT molecular complexity index is 389. The van der Waals surface area contributed by atoms with Crippen LogP contribution in [0.2, 0.25) is 0 Å². The fraction of sp³-hybridized carbons (Fsp3) is 0.462. The van der Waals surface area contributed by atoms with Crippen molar-refractivity contribution in [3.8, 4) is 0 Å². The molecule has 1 amide bonds. The summed E-state index contributed by atoms with van der Waals surface area (Å²) in [7, 11) is 0. The maximum Gasteiger partial charge on any atom is 0.251 e. The van der Waals surface area contributed by atoms with E-state index in [1.165, 1.54) is 0 Å². The molecule has 0 aliphatic carbocycles. The molecule has 3 nitrogen and oxygen atoms in total. The third-order valence-electron chi connectivity index (χ3n) is 2.84. The van der Waals surface area contributed by atoms with Gasteiger partial charge < -0.3 is 10.1 Å². The van der Waals surface area contributed by atoms with Crippen LogP contribution in [-0.4, -0.2) is 25.2 Å². The van der Waals surface area contributed by atoms with Crippen LogP contribution in [0.5, 0.6) is 0 Å². The molecule has 1 fully saturated rings. The first-order valence-corrected chi connectivity index (χ1v) is 6.36. The van der Waals surface area contributed by atoms with Gasteiger partial charge in [-0.1, -0.05) is 12.1 Å². The molecule has 2 rings (SSSR count). The highest BCUT2D eigenvalue weighted by Gasteiger charge is 2.17. The second-order valence-corrected chi connectivity index (χ2v) is 4.49. The second kappa shape index (κ2) is 6.03. The average Bonchev–Trinajstić information content (AvgIpc) is 2.40. The molecule has 1 saturated heterocycles. The van der Waals surface area contributed by atoms with Gasteiger partial charge in [0.15, 0.2) is 0 Å². The van der Waals surface area contributed by atoms with Gasteiger partial charge in [-0.3, -0.25) is 4.79 Å². The third kappa shape index (κ3) is 3.45. The third-order valence-corrected chi connectivity index (χ3v) is 3.15. The molecule has 1 aliphatic heterocycles. The minimum atomic E-state index is -0.0486. The fourth-order valence-corrected chi connectivity index (χ4v) is 2.09. The van der Waals surface area contributed by atoms with Crippen LogP contribution < -0.4 is 5.32 Å². The lowest BCUT2D eigenvalue weighted by atomic mass is 10.1. The monoisotopic (exact) mass is 253 g/mol. The normalized spacial score (nSPS) is 19.9. The zero-order chi connectivity index (χ0) is 12.1. The molecule has 4 heteroatoms. The largest absolute Gasteiger partial charge is 0.379 e. The van der Waals surface area contributed by atoms with Gasteiger partial charge in [0.05, 0.1) is 12.6 Å². The molecule has 1 N–H and O–H groups in total. The Hall–Kier alpha value is -1.06. The van der Waals surface area contributed by atoms with Crippen LogP contribution in [0.15, 0.2) is 24.3 Å². The number of alkyl halides is 1. The van der Waals surface area contributed by atoms with Gasteiger partial charge in [0, 0.05) is 18.1 Å². The van der Waals surface area contributed by atoms with Crippen molar-refractivity contribution in [2.75, 3.05) is 13.2 Å². The smallest absolute Gasteiger partial charge is 0.251 e. The van der Waals surface area contributed by atoms with Gasteiger partial charge in [-0.25, -0.2) is 0 Å². The van der Waals surface area contributed by atoms with E-state index in [2.05, 4.69) is 5.32 Å². The van der Waals surface area contributed by atoms with Crippen molar-refractivity contribution in [2.24, 2.45) is 0 Å². The number of hydrogen-bond donors (Lipinski definition) is 1. The number of nitrogens with one attached hydrogen (secondary N) is 1. The molecule has 1 heterocycles.